The van der Waals surface area contributed by atoms with Gasteiger partial charge in [-0.15, -0.1) is 0 Å². The second-order valence-electron chi connectivity index (χ2n) is 3.11. The molecule has 0 aliphatic carbocycles. The molecule has 0 radical (unpaired) electrons. The average Bonchev–Trinajstić information content (AvgIpc) is 1.89. The van der Waals surface area contributed by atoms with E-state index in [1.54, 1.807) is 0 Å². The standard InChI is InChI=1S/C9H21N/c1-5-7-8(3)9(4)10-6-2/h8-10H,5-7H2,1-4H3/t8-,9+/m1/s1. The molecule has 0 amide bonds. The van der Waals surface area contributed by atoms with Crippen molar-refractivity contribution in [3.63, 3.8) is 0 Å². The molecule has 0 unspecified atom stereocenters. The summed E-state index contributed by atoms with van der Waals surface area (Å²) in [6, 6.07) is 0.685. The molecule has 0 fully saturated rings. The van der Waals surface area contributed by atoms with Crippen molar-refractivity contribution in [3.8, 4) is 0 Å². The summed E-state index contributed by atoms with van der Waals surface area (Å²) >= 11 is 0. The molecule has 0 aromatic rings. The van der Waals surface area contributed by atoms with Crippen molar-refractivity contribution < 1.29 is 0 Å². The third-order valence-electron chi connectivity index (χ3n) is 2.12. The second-order valence-corrected chi connectivity index (χ2v) is 3.11. The predicted molar refractivity (Wildman–Crippen MR) is 47.2 cm³/mol. The van der Waals surface area contributed by atoms with Gasteiger partial charge in [-0.1, -0.05) is 27.2 Å². The molecule has 0 spiro atoms. The Balaban J connectivity index is 3.38. The first-order valence-corrected chi connectivity index (χ1v) is 4.45. The zero-order chi connectivity index (χ0) is 7.98. The number of hydrogen-bond acceptors (Lipinski definition) is 1. The SMILES string of the molecule is CCC[C@@H](C)[C@H](C)NCC. The van der Waals surface area contributed by atoms with Gasteiger partial charge in [0.2, 0.25) is 0 Å². The van der Waals surface area contributed by atoms with Gasteiger partial charge in [-0.25, -0.2) is 0 Å². The summed E-state index contributed by atoms with van der Waals surface area (Å²) in [6.07, 6.45) is 2.64. The minimum Gasteiger partial charge on any atom is -0.314 e. The van der Waals surface area contributed by atoms with E-state index >= 15 is 0 Å². The number of nitrogens with one attached hydrogen (secondary N) is 1. The minimum absolute atomic E-state index is 0.685. The van der Waals surface area contributed by atoms with Crippen LogP contribution in [0.1, 0.15) is 40.5 Å². The highest BCUT2D eigenvalue weighted by Gasteiger charge is 2.08. The highest BCUT2D eigenvalue weighted by molar-refractivity contribution is 4.66. The summed E-state index contributed by atoms with van der Waals surface area (Å²) < 4.78 is 0. The van der Waals surface area contributed by atoms with E-state index in [2.05, 4.69) is 33.0 Å². The van der Waals surface area contributed by atoms with Gasteiger partial charge in [-0.2, -0.15) is 0 Å². The fourth-order valence-electron chi connectivity index (χ4n) is 1.23. The van der Waals surface area contributed by atoms with Crippen molar-refractivity contribution in [1.82, 2.24) is 5.32 Å². The van der Waals surface area contributed by atoms with Gasteiger partial charge in [0.1, 0.15) is 0 Å². The molecular formula is C9H21N. The second kappa shape index (κ2) is 5.72. The molecule has 0 heterocycles. The van der Waals surface area contributed by atoms with E-state index in [1.165, 1.54) is 12.8 Å². The Bertz CT molecular complexity index is 61.1. The van der Waals surface area contributed by atoms with Crippen LogP contribution in [0, 0.1) is 5.92 Å². The van der Waals surface area contributed by atoms with Crippen LogP contribution in [0.15, 0.2) is 0 Å². The Labute approximate surface area is 65.2 Å². The predicted octanol–water partition coefficient (Wildman–Crippen LogP) is 2.42. The fraction of sp³-hybridized carbons (Fsp3) is 1.00. The summed E-state index contributed by atoms with van der Waals surface area (Å²) in [4.78, 5) is 0. The van der Waals surface area contributed by atoms with E-state index in [-0.39, 0.29) is 0 Å². The van der Waals surface area contributed by atoms with Gasteiger partial charge in [0.25, 0.3) is 0 Å². The smallest absolute Gasteiger partial charge is 0.00642 e. The molecule has 0 saturated heterocycles. The lowest BCUT2D eigenvalue weighted by atomic mass is 9.98. The monoisotopic (exact) mass is 143 g/mol. The maximum Gasteiger partial charge on any atom is 0.00642 e. The highest BCUT2D eigenvalue weighted by atomic mass is 14.9. The lowest BCUT2D eigenvalue weighted by molar-refractivity contribution is 0.383. The van der Waals surface area contributed by atoms with Gasteiger partial charge in [-0.3, -0.25) is 0 Å². The van der Waals surface area contributed by atoms with Gasteiger partial charge >= 0.3 is 0 Å². The minimum atomic E-state index is 0.685. The summed E-state index contributed by atoms with van der Waals surface area (Å²) in [5.74, 6) is 0.824. The molecule has 1 nitrogen and oxygen atoms in total. The quantitative estimate of drug-likeness (QED) is 0.623. The van der Waals surface area contributed by atoms with E-state index in [0.29, 0.717) is 6.04 Å². The van der Waals surface area contributed by atoms with Crippen LogP contribution in [0.2, 0.25) is 0 Å². The molecule has 1 heteroatoms. The Morgan fingerprint density at radius 2 is 1.80 bits per heavy atom. The van der Waals surface area contributed by atoms with Crippen LogP contribution in [-0.2, 0) is 0 Å². The maximum atomic E-state index is 3.43. The van der Waals surface area contributed by atoms with Gasteiger partial charge in [0.15, 0.2) is 0 Å². The van der Waals surface area contributed by atoms with Crippen LogP contribution in [-0.4, -0.2) is 12.6 Å². The van der Waals surface area contributed by atoms with E-state index in [0.717, 1.165) is 12.5 Å². The van der Waals surface area contributed by atoms with E-state index in [9.17, 15) is 0 Å². The lowest BCUT2D eigenvalue weighted by Gasteiger charge is -2.19. The largest absolute Gasteiger partial charge is 0.314 e. The summed E-state index contributed by atoms with van der Waals surface area (Å²) in [6.45, 7) is 10.1. The first-order chi connectivity index (χ1) is 4.72. The van der Waals surface area contributed by atoms with Gasteiger partial charge < -0.3 is 5.32 Å². The highest BCUT2D eigenvalue weighted by Crippen LogP contribution is 2.09. The maximum absolute atomic E-state index is 3.43. The molecule has 0 aromatic carbocycles. The van der Waals surface area contributed by atoms with E-state index in [4.69, 9.17) is 0 Å². The van der Waals surface area contributed by atoms with Gasteiger partial charge in [-0.05, 0) is 25.8 Å². The first-order valence-electron chi connectivity index (χ1n) is 4.45. The molecule has 1 N–H and O–H groups in total. The number of hydrogen-bond donors (Lipinski definition) is 1. The van der Waals surface area contributed by atoms with Crippen LogP contribution in [0.25, 0.3) is 0 Å². The molecule has 0 rings (SSSR count). The van der Waals surface area contributed by atoms with Crippen LogP contribution < -0.4 is 5.32 Å². The molecular weight excluding hydrogens is 122 g/mol. The Kier molecular flexibility index (Phi) is 5.70. The average molecular weight is 143 g/mol. The summed E-state index contributed by atoms with van der Waals surface area (Å²) in [7, 11) is 0. The fourth-order valence-corrected chi connectivity index (χ4v) is 1.23. The summed E-state index contributed by atoms with van der Waals surface area (Å²) in [5.41, 5.74) is 0. The topological polar surface area (TPSA) is 12.0 Å². The van der Waals surface area contributed by atoms with Crippen molar-refractivity contribution >= 4 is 0 Å². The summed E-state index contributed by atoms with van der Waals surface area (Å²) in [5, 5.41) is 3.43. The van der Waals surface area contributed by atoms with Crippen molar-refractivity contribution in [2.75, 3.05) is 6.54 Å². The van der Waals surface area contributed by atoms with Crippen LogP contribution in [0.4, 0.5) is 0 Å². The zero-order valence-corrected chi connectivity index (χ0v) is 7.78. The van der Waals surface area contributed by atoms with Crippen LogP contribution in [0.3, 0.4) is 0 Å². The Hall–Kier alpha value is -0.0400. The van der Waals surface area contributed by atoms with Gasteiger partial charge in [0.05, 0.1) is 0 Å². The molecule has 0 aliphatic heterocycles. The third-order valence-corrected chi connectivity index (χ3v) is 2.12. The zero-order valence-electron chi connectivity index (χ0n) is 7.78. The number of rotatable bonds is 5. The van der Waals surface area contributed by atoms with Crippen molar-refractivity contribution in [2.24, 2.45) is 5.92 Å². The Morgan fingerprint density at radius 3 is 2.20 bits per heavy atom. The molecule has 2 atom stereocenters. The van der Waals surface area contributed by atoms with Crippen molar-refractivity contribution in [3.05, 3.63) is 0 Å². The normalized spacial score (nSPS) is 16.8. The van der Waals surface area contributed by atoms with Crippen LogP contribution >= 0.6 is 0 Å². The molecule has 10 heavy (non-hydrogen) atoms. The first kappa shape index (κ1) is 9.96. The van der Waals surface area contributed by atoms with Crippen molar-refractivity contribution in [1.29, 1.82) is 0 Å². The Morgan fingerprint density at radius 1 is 1.20 bits per heavy atom. The van der Waals surface area contributed by atoms with Crippen LogP contribution in [0.5, 0.6) is 0 Å². The van der Waals surface area contributed by atoms with E-state index in [1.807, 2.05) is 0 Å². The lowest BCUT2D eigenvalue weighted by Crippen LogP contribution is -2.31. The molecule has 62 valence electrons. The third kappa shape index (κ3) is 3.89. The van der Waals surface area contributed by atoms with Crippen molar-refractivity contribution in [2.45, 2.75) is 46.6 Å². The molecule has 0 aliphatic rings. The van der Waals surface area contributed by atoms with Gasteiger partial charge in [0, 0.05) is 6.04 Å². The molecule has 0 saturated carbocycles. The molecule has 0 bridgehead atoms. The molecule has 0 aromatic heterocycles. The van der Waals surface area contributed by atoms with E-state index < -0.39 is 0 Å².